The van der Waals surface area contributed by atoms with Crippen molar-refractivity contribution in [1.82, 2.24) is 19.5 Å². The fourth-order valence-electron chi connectivity index (χ4n) is 2.51. The normalized spacial score (nSPS) is 22.1. The van der Waals surface area contributed by atoms with Crippen LogP contribution in [0.4, 0.5) is 0 Å². The Kier molecular flexibility index (Phi) is 3.34. The summed E-state index contributed by atoms with van der Waals surface area (Å²) in [6.07, 6.45) is 0.729. The summed E-state index contributed by atoms with van der Waals surface area (Å²) < 4.78 is 1.32. The summed E-state index contributed by atoms with van der Waals surface area (Å²) >= 11 is 1.36. The number of aliphatic hydroxyl groups is 1. The maximum absolute atomic E-state index is 11.8. The van der Waals surface area contributed by atoms with Crippen molar-refractivity contribution in [3.05, 3.63) is 27.6 Å². The van der Waals surface area contributed by atoms with Crippen molar-refractivity contribution in [3.63, 3.8) is 0 Å². The van der Waals surface area contributed by atoms with Gasteiger partial charge in [0.15, 0.2) is 0 Å². The van der Waals surface area contributed by atoms with Crippen LogP contribution in [-0.2, 0) is 6.54 Å². The lowest BCUT2D eigenvalue weighted by Crippen LogP contribution is -2.25. The zero-order chi connectivity index (χ0) is 13.4. The van der Waals surface area contributed by atoms with Gasteiger partial charge < -0.3 is 5.11 Å². The summed E-state index contributed by atoms with van der Waals surface area (Å²) in [5.41, 5.74) is 2.26. The van der Waals surface area contributed by atoms with Gasteiger partial charge in [-0.15, -0.1) is 0 Å². The average Bonchev–Trinajstić information content (AvgIpc) is 2.97. The molecule has 2 unspecified atom stereocenters. The molecular formula is C12H16N4O2S. The molecule has 0 bridgehead atoms. The number of hydrogen-bond acceptors (Lipinski definition) is 6. The zero-order valence-electron chi connectivity index (χ0n) is 10.7. The Morgan fingerprint density at radius 1 is 1.63 bits per heavy atom. The topological polar surface area (TPSA) is 70.7 Å². The lowest BCUT2D eigenvalue weighted by atomic mass is 10.0. The van der Waals surface area contributed by atoms with Crippen LogP contribution in [0.1, 0.15) is 19.0 Å². The SMILES string of the molecule is CC(O)C1CCN(Cc2cc(=O)n3ncsc3n2)C1. The van der Waals surface area contributed by atoms with Gasteiger partial charge in [-0.25, -0.2) is 4.98 Å². The van der Waals surface area contributed by atoms with Gasteiger partial charge in [0.05, 0.1) is 11.8 Å². The first-order valence-electron chi connectivity index (χ1n) is 6.36. The van der Waals surface area contributed by atoms with E-state index in [0.29, 0.717) is 17.4 Å². The molecule has 3 heterocycles. The Morgan fingerprint density at radius 2 is 2.47 bits per heavy atom. The molecule has 0 radical (unpaired) electrons. The van der Waals surface area contributed by atoms with Crippen LogP contribution >= 0.6 is 11.3 Å². The van der Waals surface area contributed by atoms with Crippen molar-refractivity contribution < 1.29 is 5.11 Å². The van der Waals surface area contributed by atoms with E-state index < -0.39 is 0 Å². The summed E-state index contributed by atoms with van der Waals surface area (Å²) in [6.45, 7) is 4.30. The van der Waals surface area contributed by atoms with Gasteiger partial charge in [0.25, 0.3) is 5.56 Å². The Hall–Kier alpha value is -1.31. The minimum atomic E-state index is -0.271. The van der Waals surface area contributed by atoms with E-state index in [2.05, 4.69) is 15.0 Å². The van der Waals surface area contributed by atoms with Crippen molar-refractivity contribution in [2.75, 3.05) is 13.1 Å². The second kappa shape index (κ2) is 4.99. The summed E-state index contributed by atoms with van der Waals surface area (Å²) in [7, 11) is 0. The molecule has 6 nitrogen and oxygen atoms in total. The molecule has 2 aromatic heterocycles. The molecule has 1 aliphatic heterocycles. The van der Waals surface area contributed by atoms with Crippen LogP contribution in [0, 0.1) is 5.92 Å². The second-order valence-electron chi connectivity index (χ2n) is 5.04. The van der Waals surface area contributed by atoms with E-state index in [9.17, 15) is 9.90 Å². The van der Waals surface area contributed by atoms with E-state index in [0.717, 1.165) is 25.2 Å². The third-order valence-electron chi connectivity index (χ3n) is 3.62. The molecule has 3 rings (SSSR count). The molecule has 1 N–H and O–H groups in total. The molecule has 1 saturated heterocycles. The lowest BCUT2D eigenvalue weighted by Gasteiger charge is -2.16. The summed E-state index contributed by atoms with van der Waals surface area (Å²) in [5.74, 6) is 0.327. The molecule has 0 spiro atoms. The highest BCUT2D eigenvalue weighted by Gasteiger charge is 2.26. The highest BCUT2D eigenvalue weighted by molar-refractivity contribution is 7.14. The van der Waals surface area contributed by atoms with Gasteiger partial charge in [-0.05, 0) is 25.8 Å². The van der Waals surface area contributed by atoms with Crippen LogP contribution in [-0.4, -0.2) is 43.8 Å². The monoisotopic (exact) mass is 280 g/mol. The number of likely N-dealkylation sites (tertiary alicyclic amines) is 1. The Bertz CT molecular complexity index is 636. The van der Waals surface area contributed by atoms with Crippen LogP contribution < -0.4 is 5.56 Å². The van der Waals surface area contributed by atoms with Crippen LogP contribution in [0.3, 0.4) is 0 Å². The van der Waals surface area contributed by atoms with E-state index in [-0.39, 0.29) is 11.7 Å². The largest absolute Gasteiger partial charge is 0.393 e. The lowest BCUT2D eigenvalue weighted by molar-refractivity contribution is 0.127. The van der Waals surface area contributed by atoms with Crippen LogP contribution in [0.25, 0.3) is 4.96 Å². The molecule has 0 aliphatic carbocycles. The van der Waals surface area contributed by atoms with Gasteiger partial charge in [-0.3, -0.25) is 9.69 Å². The van der Waals surface area contributed by atoms with Crippen molar-refractivity contribution >= 4 is 16.3 Å². The first-order chi connectivity index (χ1) is 9.13. The molecule has 0 aromatic carbocycles. The molecule has 0 saturated carbocycles. The number of fused-ring (bicyclic) bond motifs is 1. The van der Waals surface area contributed by atoms with E-state index in [1.54, 1.807) is 11.6 Å². The van der Waals surface area contributed by atoms with Crippen molar-refractivity contribution in [2.45, 2.75) is 26.0 Å². The molecule has 1 aliphatic rings. The fourth-order valence-corrected chi connectivity index (χ4v) is 3.15. The molecule has 2 aromatic rings. The Labute approximate surface area is 114 Å². The summed E-state index contributed by atoms with van der Waals surface area (Å²) in [5, 5.41) is 13.5. The molecular weight excluding hydrogens is 264 g/mol. The van der Waals surface area contributed by atoms with Gasteiger partial charge in [-0.1, -0.05) is 11.3 Å². The third-order valence-corrected chi connectivity index (χ3v) is 4.29. The molecule has 102 valence electrons. The van der Waals surface area contributed by atoms with Gasteiger partial charge in [0.1, 0.15) is 5.51 Å². The van der Waals surface area contributed by atoms with E-state index >= 15 is 0 Å². The van der Waals surface area contributed by atoms with Gasteiger partial charge in [0, 0.05) is 19.2 Å². The molecule has 2 atom stereocenters. The maximum atomic E-state index is 11.8. The Morgan fingerprint density at radius 3 is 3.21 bits per heavy atom. The van der Waals surface area contributed by atoms with Gasteiger partial charge >= 0.3 is 0 Å². The Balaban J connectivity index is 1.77. The highest BCUT2D eigenvalue weighted by atomic mass is 32.1. The van der Waals surface area contributed by atoms with E-state index in [1.165, 1.54) is 15.9 Å². The van der Waals surface area contributed by atoms with Crippen molar-refractivity contribution in [1.29, 1.82) is 0 Å². The molecule has 7 heteroatoms. The van der Waals surface area contributed by atoms with Gasteiger partial charge in [0.2, 0.25) is 4.96 Å². The number of rotatable bonds is 3. The quantitative estimate of drug-likeness (QED) is 0.878. The number of hydrogen-bond donors (Lipinski definition) is 1. The summed E-state index contributed by atoms with van der Waals surface area (Å²) in [4.78, 5) is 19.1. The van der Waals surface area contributed by atoms with Crippen molar-refractivity contribution in [2.24, 2.45) is 5.92 Å². The predicted molar refractivity (Wildman–Crippen MR) is 72.2 cm³/mol. The number of aromatic nitrogens is 3. The van der Waals surface area contributed by atoms with Crippen molar-refractivity contribution in [3.8, 4) is 0 Å². The van der Waals surface area contributed by atoms with E-state index in [4.69, 9.17) is 0 Å². The zero-order valence-corrected chi connectivity index (χ0v) is 11.5. The van der Waals surface area contributed by atoms with Gasteiger partial charge in [-0.2, -0.15) is 9.61 Å². The predicted octanol–water partition coefficient (Wildman–Crippen LogP) is 0.354. The van der Waals surface area contributed by atoms with E-state index in [1.807, 2.05) is 6.92 Å². The maximum Gasteiger partial charge on any atom is 0.275 e. The highest BCUT2D eigenvalue weighted by Crippen LogP contribution is 2.21. The first kappa shape index (κ1) is 12.7. The third kappa shape index (κ3) is 2.54. The minimum Gasteiger partial charge on any atom is -0.393 e. The standard InChI is InChI=1S/C12H16N4O2S/c1-8(17)9-2-3-15(5-9)6-10-4-11(18)16-12(14-10)19-7-13-16/h4,7-9,17H,2-3,5-6H2,1H3. The van der Waals surface area contributed by atoms with Crippen LogP contribution in [0.5, 0.6) is 0 Å². The van der Waals surface area contributed by atoms with Crippen LogP contribution in [0.2, 0.25) is 0 Å². The number of nitrogens with zero attached hydrogens (tertiary/aromatic N) is 4. The van der Waals surface area contributed by atoms with Crippen LogP contribution in [0.15, 0.2) is 16.4 Å². The molecule has 1 fully saturated rings. The second-order valence-corrected chi connectivity index (χ2v) is 5.85. The smallest absolute Gasteiger partial charge is 0.275 e. The molecule has 0 amide bonds. The number of aliphatic hydroxyl groups excluding tert-OH is 1. The molecule has 19 heavy (non-hydrogen) atoms. The minimum absolute atomic E-state index is 0.132. The fraction of sp³-hybridized carbons (Fsp3) is 0.583. The summed E-state index contributed by atoms with van der Waals surface area (Å²) in [6, 6.07) is 1.54. The average molecular weight is 280 g/mol. The first-order valence-corrected chi connectivity index (χ1v) is 7.24.